The molecule has 1 rings (SSSR count). The summed E-state index contributed by atoms with van der Waals surface area (Å²) in [5, 5.41) is 7.67. The Kier molecular flexibility index (Phi) is 5.51. The molecule has 1 atom stereocenters. The van der Waals surface area contributed by atoms with Gasteiger partial charge in [0.1, 0.15) is 0 Å². The van der Waals surface area contributed by atoms with Crippen LogP contribution in [0.2, 0.25) is 0 Å². The molecule has 100 valence electrons. The maximum absolute atomic E-state index is 12.2. The zero-order chi connectivity index (χ0) is 13.5. The number of nitrogen functional groups attached to an aromatic ring is 1. The number of hydrazine groups is 1. The Morgan fingerprint density at radius 1 is 1.44 bits per heavy atom. The van der Waals surface area contributed by atoms with Gasteiger partial charge in [-0.3, -0.25) is 4.79 Å². The van der Waals surface area contributed by atoms with E-state index in [0.717, 1.165) is 13.0 Å². The molecule has 1 amide bonds. The first-order valence-electron chi connectivity index (χ1n) is 6.21. The number of anilines is 1. The summed E-state index contributed by atoms with van der Waals surface area (Å²) < 4.78 is 0. The van der Waals surface area contributed by atoms with Gasteiger partial charge >= 0.3 is 0 Å². The minimum Gasteiger partial charge on any atom is -0.337 e. The lowest BCUT2D eigenvalue weighted by molar-refractivity contribution is 0.0734. The fourth-order valence-corrected chi connectivity index (χ4v) is 1.55. The second-order valence-corrected chi connectivity index (χ2v) is 4.31. The molecule has 0 saturated heterocycles. The normalized spacial score (nSPS) is 12.0. The highest BCUT2D eigenvalue weighted by Gasteiger charge is 2.17. The van der Waals surface area contributed by atoms with Crippen LogP contribution in [-0.4, -0.2) is 34.1 Å². The van der Waals surface area contributed by atoms with Gasteiger partial charge in [0.2, 0.25) is 0 Å². The summed E-state index contributed by atoms with van der Waals surface area (Å²) in [6, 6.07) is 3.27. The molecule has 3 N–H and O–H groups in total. The summed E-state index contributed by atoms with van der Waals surface area (Å²) in [7, 11) is 0. The molecular weight excluding hydrogens is 230 g/mol. The van der Waals surface area contributed by atoms with E-state index in [-0.39, 0.29) is 5.91 Å². The van der Waals surface area contributed by atoms with Crippen molar-refractivity contribution < 1.29 is 4.79 Å². The third kappa shape index (κ3) is 3.66. The van der Waals surface area contributed by atoms with Crippen molar-refractivity contribution in [1.29, 1.82) is 0 Å². The fourth-order valence-electron chi connectivity index (χ4n) is 1.55. The van der Waals surface area contributed by atoms with Gasteiger partial charge in [0.15, 0.2) is 11.5 Å². The smallest absolute Gasteiger partial charge is 0.274 e. The monoisotopic (exact) mass is 251 g/mol. The highest BCUT2D eigenvalue weighted by Crippen LogP contribution is 2.08. The summed E-state index contributed by atoms with van der Waals surface area (Å²) in [5.74, 6) is 6.03. The number of hydrogen-bond acceptors (Lipinski definition) is 5. The highest BCUT2D eigenvalue weighted by molar-refractivity contribution is 5.92. The largest absolute Gasteiger partial charge is 0.337 e. The van der Waals surface area contributed by atoms with Gasteiger partial charge < -0.3 is 10.3 Å². The van der Waals surface area contributed by atoms with Crippen LogP contribution in [0.25, 0.3) is 0 Å². The van der Waals surface area contributed by atoms with Crippen LogP contribution in [0.5, 0.6) is 0 Å². The first-order chi connectivity index (χ1) is 8.62. The first-order valence-corrected chi connectivity index (χ1v) is 6.21. The number of nitrogens with one attached hydrogen (secondary N) is 1. The number of carbonyl (C=O) groups is 1. The molecule has 0 aliphatic rings. The maximum atomic E-state index is 12.2. The third-order valence-electron chi connectivity index (χ3n) is 2.93. The van der Waals surface area contributed by atoms with Crippen molar-refractivity contribution in [2.24, 2.45) is 11.8 Å². The molecule has 0 aromatic carbocycles. The van der Waals surface area contributed by atoms with Gasteiger partial charge in [-0.25, -0.2) is 5.84 Å². The van der Waals surface area contributed by atoms with Crippen molar-refractivity contribution in [2.45, 2.75) is 27.2 Å². The Morgan fingerprint density at radius 2 is 2.17 bits per heavy atom. The van der Waals surface area contributed by atoms with Crippen LogP contribution in [-0.2, 0) is 0 Å². The van der Waals surface area contributed by atoms with Crippen LogP contribution in [0.3, 0.4) is 0 Å². The summed E-state index contributed by atoms with van der Waals surface area (Å²) in [6.45, 7) is 7.61. The molecule has 0 radical (unpaired) electrons. The first kappa shape index (κ1) is 14.4. The molecule has 6 heteroatoms. The zero-order valence-corrected chi connectivity index (χ0v) is 11.2. The van der Waals surface area contributed by atoms with Crippen molar-refractivity contribution in [1.82, 2.24) is 15.1 Å². The Labute approximate surface area is 108 Å². The van der Waals surface area contributed by atoms with Crippen LogP contribution in [0.15, 0.2) is 12.1 Å². The van der Waals surface area contributed by atoms with Crippen molar-refractivity contribution in [3.8, 4) is 0 Å². The Morgan fingerprint density at radius 3 is 2.61 bits per heavy atom. The lowest BCUT2D eigenvalue weighted by Gasteiger charge is -2.23. The average molecular weight is 251 g/mol. The van der Waals surface area contributed by atoms with E-state index in [2.05, 4.69) is 29.5 Å². The molecule has 0 spiro atoms. The number of aromatic nitrogens is 2. The van der Waals surface area contributed by atoms with Crippen molar-refractivity contribution in [3.63, 3.8) is 0 Å². The van der Waals surface area contributed by atoms with Gasteiger partial charge in [0.25, 0.3) is 5.91 Å². The SMILES string of the molecule is CCC(C)CN(CC)C(=O)c1ccc(NN)nn1. The Balaban J connectivity index is 2.76. The minimum absolute atomic E-state index is 0.0890. The van der Waals surface area contributed by atoms with Crippen LogP contribution < -0.4 is 11.3 Å². The van der Waals surface area contributed by atoms with Crippen molar-refractivity contribution in [2.75, 3.05) is 18.5 Å². The standard InChI is InChI=1S/C12H21N5O/c1-4-9(3)8-17(5-2)12(18)10-6-7-11(14-13)16-15-10/h6-7,9H,4-5,8,13H2,1-3H3,(H,14,16). The van der Waals surface area contributed by atoms with E-state index in [1.807, 2.05) is 6.92 Å². The molecule has 1 aromatic rings. The van der Waals surface area contributed by atoms with Crippen LogP contribution in [0.1, 0.15) is 37.7 Å². The van der Waals surface area contributed by atoms with E-state index in [9.17, 15) is 4.79 Å². The maximum Gasteiger partial charge on any atom is 0.274 e. The highest BCUT2D eigenvalue weighted by atomic mass is 16.2. The van der Waals surface area contributed by atoms with Crippen LogP contribution >= 0.6 is 0 Å². The van der Waals surface area contributed by atoms with E-state index >= 15 is 0 Å². The van der Waals surface area contributed by atoms with E-state index in [1.165, 1.54) is 0 Å². The summed E-state index contributed by atoms with van der Waals surface area (Å²) in [6.07, 6.45) is 1.05. The molecule has 1 heterocycles. The van der Waals surface area contributed by atoms with Crippen molar-refractivity contribution >= 4 is 11.7 Å². The lowest BCUT2D eigenvalue weighted by Crippen LogP contribution is -2.35. The number of carbonyl (C=O) groups excluding carboxylic acids is 1. The number of rotatable bonds is 6. The molecule has 0 saturated carbocycles. The predicted molar refractivity (Wildman–Crippen MR) is 70.9 cm³/mol. The number of nitrogens with two attached hydrogens (primary N) is 1. The number of hydrogen-bond donors (Lipinski definition) is 2. The van der Waals surface area contributed by atoms with E-state index in [0.29, 0.717) is 24.0 Å². The molecule has 0 bridgehead atoms. The minimum atomic E-state index is -0.0890. The van der Waals surface area contributed by atoms with Gasteiger partial charge in [-0.2, -0.15) is 0 Å². The molecule has 1 aromatic heterocycles. The Hall–Kier alpha value is -1.69. The molecule has 18 heavy (non-hydrogen) atoms. The summed E-state index contributed by atoms with van der Waals surface area (Å²) in [5.41, 5.74) is 2.73. The topological polar surface area (TPSA) is 84.1 Å². The van der Waals surface area contributed by atoms with Gasteiger partial charge in [-0.05, 0) is 25.0 Å². The third-order valence-corrected chi connectivity index (χ3v) is 2.93. The van der Waals surface area contributed by atoms with Crippen LogP contribution in [0, 0.1) is 5.92 Å². The summed E-state index contributed by atoms with van der Waals surface area (Å²) >= 11 is 0. The second-order valence-electron chi connectivity index (χ2n) is 4.31. The predicted octanol–water partition coefficient (Wildman–Crippen LogP) is 1.27. The quantitative estimate of drug-likeness (QED) is 0.587. The molecule has 0 fully saturated rings. The number of amides is 1. The molecule has 0 aliphatic carbocycles. The second kappa shape index (κ2) is 6.90. The van der Waals surface area contributed by atoms with Gasteiger partial charge in [0, 0.05) is 13.1 Å². The van der Waals surface area contributed by atoms with Gasteiger partial charge in [-0.15, -0.1) is 10.2 Å². The summed E-state index contributed by atoms with van der Waals surface area (Å²) in [4.78, 5) is 14.0. The van der Waals surface area contributed by atoms with E-state index < -0.39 is 0 Å². The average Bonchev–Trinajstić information content (AvgIpc) is 2.43. The number of nitrogens with zero attached hydrogens (tertiary/aromatic N) is 3. The molecule has 1 unspecified atom stereocenters. The van der Waals surface area contributed by atoms with Gasteiger partial charge in [-0.1, -0.05) is 20.3 Å². The van der Waals surface area contributed by atoms with E-state index in [4.69, 9.17) is 5.84 Å². The Bertz CT molecular complexity index is 379. The molecule has 0 aliphatic heterocycles. The molecule has 6 nitrogen and oxygen atoms in total. The van der Waals surface area contributed by atoms with E-state index in [1.54, 1.807) is 17.0 Å². The van der Waals surface area contributed by atoms with Crippen molar-refractivity contribution in [3.05, 3.63) is 17.8 Å². The van der Waals surface area contributed by atoms with Gasteiger partial charge in [0.05, 0.1) is 0 Å². The fraction of sp³-hybridized carbons (Fsp3) is 0.583. The lowest BCUT2D eigenvalue weighted by atomic mass is 10.1. The molecular formula is C12H21N5O. The zero-order valence-electron chi connectivity index (χ0n) is 11.2. The van der Waals surface area contributed by atoms with Crippen LogP contribution in [0.4, 0.5) is 5.82 Å².